The first-order valence-electron chi connectivity index (χ1n) is 36.5. The Labute approximate surface area is 607 Å². The Bertz CT molecular complexity index is 3060. The lowest BCUT2D eigenvalue weighted by atomic mass is 9.33. The molecule has 2 heterocycles. The number of amides is 3. The van der Waals surface area contributed by atoms with Gasteiger partial charge in [-0.15, -0.1) is 0 Å². The number of ether oxygens (including phenoxy) is 9. The summed E-state index contributed by atoms with van der Waals surface area (Å²) in [5, 5.41) is 17.7. The van der Waals surface area contributed by atoms with Gasteiger partial charge in [-0.05, 0) is 159 Å². The molecule has 0 bridgehead atoms. The summed E-state index contributed by atoms with van der Waals surface area (Å²) in [5.41, 5.74) is -2.11. The molecule has 562 valence electrons. The summed E-state index contributed by atoms with van der Waals surface area (Å²) in [6.07, 6.45) is -0.173. The molecule has 27 heteroatoms. The van der Waals surface area contributed by atoms with Crippen LogP contribution < -0.4 is 31.9 Å². The number of ketones is 1. The van der Waals surface area contributed by atoms with Crippen LogP contribution in [0.15, 0.2) is 11.6 Å². The zero-order valence-electron chi connectivity index (χ0n) is 61.7. The Morgan fingerprint density at radius 1 is 0.500 bits per heavy atom. The summed E-state index contributed by atoms with van der Waals surface area (Å²) in [6.45, 7) is 28.5. The van der Waals surface area contributed by atoms with Crippen LogP contribution in [0.25, 0.3) is 0 Å². The van der Waals surface area contributed by atoms with Crippen LogP contribution in [-0.4, -0.2) is 156 Å². The van der Waals surface area contributed by atoms with Gasteiger partial charge in [-0.3, -0.25) is 43.2 Å². The number of allylic oxidation sites excluding steroid dienone is 2. The highest BCUT2D eigenvalue weighted by atomic mass is 32.1. The SMILES string of the molecule is CCCCCCNC(=S)NC(=O)[C@H]1O[C@H](O[C@H]2[C@@H](O[C@H]3CC[C@]4(C)[C@H]5C(=O)C=C6[C@@H]7C[C@@](C)(C(=O)NC(=S)NCCCCCC)CC[C@]7(C)CC[C@@]6(C)[C@]5(C)CC[C@H]4C3(C)C)O[C@H](C(=O)NC(=S)NCCCCCC)[C@@H](OC(C)=O)[C@@H]2OC(C)=O)[C@H](OC(C)=O)[C@@H](OC(C)=O)[C@@H]1OC(C)=O. The van der Waals surface area contributed by atoms with Crippen LogP contribution in [0, 0.1) is 50.2 Å². The second-order valence-electron chi connectivity index (χ2n) is 30.9. The second-order valence-corrected chi connectivity index (χ2v) is 32.2. The molecule has 0 spiro atoms. The van der Waals surface area contributed by atoms with Crippen LogP contribution >= 0.6 is 36.7 Å². The number of hydrogen-bond acceptors (Lipinski definition) is 21. The highest BCUT2D eigenvalue weighted by molar-refractivity contribution is 7.80. The number of esters is 5. The van der Waals surface area contributed by atoms with Crippen LogP contribution in [0.2, 0.25) is 0 Å². The van der Waals surface area contributed by atoms with E-state index in [9.17, 15) is 38.4 Å². The molecule has 6 fully saturated rings. The van der Waals surface area contributed by atoms with E-state index in [-0.39, 0.29) is 39.2 Å². The molecule has 0 aromatic heterocycles. The molecule has 2 saturated heterocycles. The lowest BCUT2D eigenvalue weighted by Gasteiger charge is -2.70. The number of fused-ring (bicyclic) bond motifs is 7. The van der Waals surface area contributed by atoms with E-state index in [4.69, 9.17) is 79.3 Å². The van der Waals surface area contributed by atoms with Gasteiger partial charge >= 0.3 is 29.8 Å². The van der Waals surface area contributed by atoms with Crippen LogP contribution in [0.1, 0.15) is 239 Å². The van der Waals surface area contributed by atoms with Gasteiger partial charge in [-0.1, -0.05) is 133 Å². The molecule has 0 aromatic rings. The number of carbonyl (C=O) groups excluding carboxylic acids is 9. The highest BCUT2D eigenvalue weighted by Crippen LogP contribution is 2.75. The summed E-state index contributed by atoms with van der Waals surface area (Å²) >= 11 is 16.8. The topological polar surface area (TPSA) is 309 Å². The van der Waals surface area contributed by atoms with Gasteiger partial charge in [0.15, 0.2) is 82.5 Å². The van der Waals surface area contributed by atoms with Crippen molar-refractivity contribution in [2.45, 2.75) is 306 Å². The quantitative estimate of drug-likeness (QED) is 0.0147. The number of hydrogen-bond donors (Lipinski definition) is 6. The fourth-order valence-electron chi connectivity index (χ4n) is 18.0. The summed E-state index contributed by atoms with van der Waals surface area (Å²) in [6, 6.07) is 0. The van der Waals surface area contributed by atoms with Crippen molar-refractivity contribution in [1.29, 1.82) is 0 Å². The van der Waals surface area contributed by atoms with Gasteiger partial charge in [-0.2, -0.15) is 0 Å². The normalized spacial score (nSPS) is 34.8. The van der Waals surface area contributed by atoms with Gasteiger partial charge < -0.3 is 74.5 Å². The zero-order chi connectivity index (χ0) is 73.9. The van der Waals surface area contributed by atoms with Crippen LogP contribution in [0.3, 0.4) is 0 Å². The van der Waals surface area contributed by atoms with E-state index in [2.05, 4.69) is 94.2 Å². The molecule has 7 rings (SSSR count). The van der Waals surface area contributed by atoms with E-state index >= 15 is 4.79 Å². The van der Waals surface area contributed by atoms with Crippen molar-refractivity contribution in [1.82, 2.24) is 31.9 Å². The number of rotatable bonds is 27. The summed E-state index contributed by atoms with van der Waals surface area (Å²) in [4.78, 5) is 126. The van der Waals surface area contributed by atoms with Crippen molar-refractivity contribution in [2.75, 3.05) is 19.6 Å². The maximum absolute atomic E-state index is 15.8. The predicted molar refractivity (Wildman–Crippen MR) is 383 cm³/mol. The molecule has 0 radical (unpaired) electrons. The standard InChI is InChI=1S/C73H114N6O18S3/c1-16-19-22-25-36-74-65(98)77-60(86)55-52(90-42(5)81)54(92-44(7)83)58(97-63-57(93-45(8)84)53(91-43(6)82)51(89-41(4)80)56(96-63)61(87)78-66(99)75-37-26-23-20-17-2)62(95-55)94-50-29-30-71(13)49(68(50,9)10)28-31-73(15)59(71)48(85)39-46-47-40-70(12,33-32-69(47,11)34-35-72(46,73)14)64(88)79-67(100)76-38-27-24-21-18-3/h39,47,49-59,62-63H,16-38,40H2,1-15H3,(H2,74,77,86,98)(H2,75,78,87,99)(H2,76,79,88,100)/t47-,49-,50-,51-,52-,53-,54-,55-,56-,57+,58+,59+,62-,63+,69+,70-,71-,72+,73+/m0/s1. The lowest BCUT2D eigenvalue weighted by Crippen LogP contribution is -2.70. The van der Waals surface area contributed by atoms with Crippen molar-refractivity contribution in [2.24, 2.45) is 50.2 Å². The molecule has 2 aliphatic heterocycles. The smallest absolute Gasteiger partial charge is 0.303 e. The molecule has 5 aliphatic carbocycles. The van der Waals surface area contributed by atoms with E-state index in [1.165, 1.54) is 0 Å². The Balaban J connectivity index is 1.27. The van der Waals surface area contributed by atoms with Crippen molar-refractivity contribution in [3.8, 4) is 0 Å². The molecular formula is C73H114N6O18S3. The molecule has 4 saturated carbocycles. The molecule has 19 atom stereocenters. The first-order valence-corrected chi connectivity index (χ1v) is 37.8. The number of nitrogens with one attached hydrogen (secondary N) is 6. The zero-order valence-corrected chi connectivity index (χ0v) is 64.2. The van der Waals surface area contributed by atoms with E-state index in [1.54, 1.807) is 0 Å². The van der Waals surface area contributed by atoms with Crippen LogP contribution in [0.5, 0.6) is 0 Å². The van der Waals surface area contributed by atoms with Crippen LogP contribution in [-0.2, 0) is 85.8 Å². The lowest BCUT2D eigenvalue weighted by molar-refractivity contribution is -0.370. The average Bonchev–Trinajstić information content (AvgIpc) is 0.673. The van der Waals surface area contributed by atoms with Gasteiger partial charge in [0.1, 0.15) is 0 Å². The minimum Gasteiger partial charge on any atom is -0.455 e. The second kappa shape index (κ2) is 35.0. The van der Waals surface area contributed by atoms with Crippen molar-refractivity contribution < 1.29 is 85.8 Å². The van der Waals surface area contributed by atoms with E-state index in [1.807, 2.05) is 13.0 Å². The van der Waals surface area contributed by atoms with Gasteiger partial charge in [0.25, 0.3) is 11.8 Å². The molecule has 7 aliphatic rings. The summed E-state index contributed by atoms with van der Waals surface area (Å²) in [7, 11) is 0. The van der Waals surface area contributed by atoms with Gasteiger partial charge in [-0.25, -0.2) is 0 Å². The monoisotopic (exact) mass is 1460 g/mol. The molecule has 0 aromatic carbocycles. The molecule has 3 amide bonds. The van der Waals surface area contributed by atoms with Gasteiger partial charge in [0.05, 0.1) is 6.10 Å². The Hall–Kier alpha value is -5.32. The third-order valence-corrected chi connectivity index (χ3v) is 24.1. The maximum atomic E-state index is 15.8. The van der Waals surface area contributed by atoms with E-state index in [0.29, 0.717) is 63.3 Å². The minimum absolute atomic E-state index is 0.0334. The van der Waals surface area contributed by atoms with E-state index < -0.39 is 142 Å². The fraction of sp³-hybridized carbons (Fsp3) is 0.808. The van der Waals surface area contributed by atoms with Crippen LogP contribution in [0.4, 0.5) is 0 Å². The van der Waals surface area contributed by atoms with E-state index in [0.717, 1.165) is 137 Å². The predicted octanol–water partition coefficient (Wildman–Crippen LogP) is 9.56. The molecular weight excluding hydrogens is 1350 g/mol. The maximum Gasteiger partial charge on any atom is 0.303 e. The number of thiocarbonyl (C=S) groups is 3. The third kappa shape index (κ3) is 18.8. The highest BCUT2D eigenvalue weighted by Gasteiger charge is 2.71. The Morgan fingerprint density at radius 2 is 0.930 bits per heavy atom. The minimum atomic E-state index is -2.06. The number of carbonyl (C=O) groups is 9. The molecule has 100 heavy (non-hydrogen) atoms. The summed E-state index contributed by atoms with van der Waals surface area (Å²) < 4.78 is 56.9. The summed E-state index contributed by atoms with van der Waals surface area (Å²) in [5.74, 6) is -7.42. The molecule has 24 nitrogen and oxygen atoms in total. The average molecular weight is 1460 g/mol. The first-order chi connectivity index (χ1) is 47.0. The largest absolute Gasteiger partial charge is 0.455 e. The third-order valence-electron chi connectivity index (χ3n) is 23.3. The fourth-order valence-corrected chi connectivity index (χ4v) is 18.6. The van der Waals surface area contributed by atoms with Gasteiger partial charge in [0, 0.05) is 65.6 Å². The first kappa shape index (κ1) is 82.0. The van der Waals surface area contributed by atoms with Gasteiger partial charge in [0.2, 0.25) is 5.91 Å². The van der Waals surface area contributed by atoms with Crippen molar-refractivity contribution in [3.05, 3.63) is 11.6 Å². The Morgan fingerprint density at radius 3 is 1.40 bits per heavy atom. The molecule has 6 N–H and O–H groups in total. The molecule has 0 unspecified atom stereocenters. The Kier molecular flexibility index (Phi) is 28.7. The number of unbranched alkanes of at least 4 members (excludes halogenated alkanes) is 9. The van der Waals surface area contributed by atoms with Crippen molar-refractivity contribution >= 4 is 105 Å². The van der Waals surface area contributed by atoms with Crippen molar-refractivity contribution in [3.63, 3.8) is 0 Å².